The Labute approximate surface area is 134 Å². The summed E-state index contributed by atoms with van der Waals surface area (Å²) in [6.07, 6.45) is 5.23. The Balaban J connectivity index is 1.64. The highest BCUT2D eigenvalue weighted by molar-refractivity contribution is 6.42. The van der Waals surface area contributed by atoms with Gasteiger partial charge < -0.3 is 0 Å². The molecule has 0 saturated heterocycles. The lowest BCUT2D eigenvalue weighted by Crippen LogP contribution is -2.24. The van der Waals surface area contributed by atoms with Crippen LogP contribution < -0.4 is 5.43 Å². The van der Waals surface area contributed by atoms with Crippen molar-refractivity contribution in [2.24, 2.45) is 22.9 Å². The largest absolute Gasteiger partial charge is 0.271 e. The molecular weight excluding hydrogens is 307 g/mol. The van der Waals surface area contributed by atoms with Gasteiger partial charge in [0.15, 0.2) is 0 Å². The van der Waals surface area contributed by atoms with E-state index in [9.17, 15) is 4.79 Å². The highest BCUT2D eigenvalue weighted by Gasteiger charge is 2.40. The summed E-state index contributed by atoms with van der Waals surface area (Å²) in [5.41, 5.74) is 4.13. The second kappa shape index (κ2) is 5.98. The molecule has 0 radical (unpaired) electrons. The summed E-state index contributed by atoms with van der Waals surface area (Å²) in [7, 11) is 0. The summed E-state index contributed by atoms with van der Waals surface area (Å²) in [4.78, 5) is 12.1. The Bertz CT molecular complexity index is 600. The molecule has 0 aliphatic heterocycles. The molecular formula is C16H18Cl2N2O. The van der Waals surface area contributed by atoms with Crippen molar-refractivity contribution in [2.45, 2.75) is 32.6 Å². The number of carbonyl (C=O) groups excluding carboxylic acids is 1. The monoisotopic (exact) mass is 324 g/mol. The molecule has 2 fully saturated rings. The number of nitrogens with zero attached hydrogens (tertiary/aromatic N) is 1. The van der Waals surface area contributed by atoms with E-state index in [0.29, 0.717) is 21.5 Å². The van der Waals surface area contributed by atoms with E-state index >= 15 is 0 Å². The van der Waals surface area contributed by atoms with E-state index in [-0.39, 0.29) is 5.91 Å². The number of rotatable bonds is 3. The molecule has 2 aliphatic rings. The first-order chi connectivity index (χ1) is 10.0. The maximum absolute atomic E-state index is 12.1. The number of benzene rings is 1. The number of hydrogen-bond donors (Lipinski definition) is 1. The zero-order valence-corrected chi connectivity index (χ0v) is 13.4. The first-order valence-electron chi connectivity index (χ1n) is 7.34. The Morgan fingerprint density at radius 3 is 2.67 bits per heavy atom. The Morgan fingerprint density at radius 1 is 1.24 bits per heavy atom. The van der Waals surface area contributed by atoms with Crippen LogP contribution in [0.4, 0.5) is 0 Å². The van der Waals surface area contributed by atoms with Gasteiger partial charge in [0.2, 0.25) is 0 Å². The number of halogens is 2. The van der Waals surface area contributed by atoms with Crippen molar-refractivity contribution in [1.29, 1.82) is 0 Å². The van der Waals surface area contributed by atoms with Gasteiger partial charge in [0.05, 0.1) is 10.0 Å². The second-order valence-corrected chi connectivity index (χ2v) is 6.92. The summed E-state index contributed by atoms with van der Waals surface area (Å²) in [5, 5.41) is 5.11. The molecule has 3 atom stereocenters. The highest BCUT2D eigenvalue weighted by Crippen LogP contribution is 2.48. The van der Waals surface area contributed by atoms with Crippen molar-refractivity contribution in [2.75, 3.05) is 0 Å². The van der Waals surface area contributed by atoms with Gasteiger partial charge in [0.25, 0.3) is 5.91 Å². The van der Waals surface area contributed by atoms with Crippen molar-refractivity contribution in [1.82, 2.24) is 5.43 Å². The van der Waals surface area contributed by atoms with Gasteiger partial charge >= 0.3 is 0 Å². The van der Waals surface area contributed by atoms with E-state index in [0.717, 1.165) is 17.5 Å². The molecule has 3 nitrogen and oxygen atoms in total. The van der Waals surface area contributed by atoms with E-state index in [2.05, 4.69) is 10.5 Å². The van der Waals surface area contributed by atoms with Crippen molar-refractivity contribution in [3.05, 3.63) is 33.8 Å². The van der Waals surface area contributed by atoms with Crippen LogP contribution in [0.3, 0.4) is 0 Å². The number of amides is 1. The fraction of sp³-hybridized carbons (Fsp3) is 0.500. The van der Waals surface area contributed by atoms with E-state index in [1.807, 2.05) is 6.92 Å². The van der Waals surface area contributed by atoms with Crippen LogP contribution in [0.2, 0.25) is 10.0 Å². The first kappa shape index (κ1) is 14.9. The molecule has 1 amide bonds. The predicted octanol–water partition coefficient (Wildman–Crippen LogP) is 4.54. The molecule has 0 spiro atoms. The third kappa shape index (κ3) is 3.09. The lowest BCUT2D eigenvalue weighted by Gasteiger charge is -2.21. The van der Waals surface area contributed by atoms with E-state index in [1.54, 1.807) is 18.2 Å². The predicted molar refractivity (Wildman–Crippen MR) is 86.0 cm³/mol. The lowest BCUT2D eigenvalue weighted by atomic mass is 9.86. The van der Waals surface area contributed by atoms with Crippen LogP contribution in [0.1, 0.15) is 43.0 Å². The average Bonchev–Trinajstić information content (AvgIpc) is 3.10. The third-order valence-corrected chi connectivity index (χ3v) is 5.53. The van der Waals surface area contributed by atoms with Crippen molar-refractivity contribution >= 4 is 34.8 Å². The van der Waals surface area contributed by atoms with Crippen LogP contribution in [0.5, 0.6) is 0 Å². The smallest absolute Gasteiger partial charge is 0.267 e. The van der Waals surface area contributed by atoms with Crippen LogP contribution in [-0.2, 0) is 0 Å². The molecule has 2 saturated carbocycles. The zero-order valence-electron chi connectivity index (χ0n) is 11.9. The molecule has 1 aromatic carbocycles. The van der Waals surface area contributed by atoms with Gasteiger partial charge in [-0.2, -0.15) is 5.10 Å². The minimum absolute atomic E-state index is 0.254. The molecule has 3 rings (SSSR count). The van der Waals surface area contributed by atoms with E-state index in [4.69, 9.17) is 23.2 Å². The molecule has 1 aromatic rings. The number of nitrogens with one attached hydrogen (secondary N) is 1. The van der Waals surface area contributed by atoms with Crippen LogP contribution in [-0.4, -0.2) is 11.6 Å². The minimum Gasteiger partial charge on any atom is -0.267 e. The summed E-state index contributed by atoms with van der Waals surface area (Å²) in [5.74, 6) is 1.92. The molecule has 2 aliphatic carbocycles. The van der Waals surface area contributed by atoms with Crippen molar-refractivity contribution in [3.8, 4) is 0 Å². The van der Waals surface area contributed by atoms with Gasteiger partial charge in [-0.15, -0.1) is 0 Å². The van der Waals surface area contributed by atoms with E-state index < -0.39 is 0 Å². The molecule has 112 valence electrons. The summed E-state index contributed by atoms with van der Waals surface area (Å²) in [6.45, 7) is 2.01. The van der Waals surface area contributed by atoms with Gasteiger partial charge in [0.1, 0.15) is 0 Å². The topological polar surface area (TPSA) is 41.5 Å². The van der Waals surface area contributed by atoms with Crippen molar-refractivity contribution < 1.29 is 4.79 Å². The highest BCUT2D eigenvalue weighted by atomic mass is 35.5. The Kier molecular flexibility index (Phi) is 4.23. The summed E-state index contributed by atoms with van der Waals surface area (Å²) in [6, 6.07) is 4.82. The Hall–Kier alpha value is -1.06. The van der Waals surface area contributed by atoms with Crippen LogP contribution in [0.15, 0.2) is 23.3 Å². The maximum Gasteiger partial charge on any atom is 0.271 e. The van der Waals surface area contributed by atoms with Crippen LogP contribution in [0, 0.1) is 17.8 Å². The van der Waals surface area contributed by atoms with Gasteiger partial charge in [0, 0.05) is 17.2 Å². The fourth-order valence-electron chi connectivity index (χ4n) is 3.68. The SMILES string of the molecule is C/C(=N/NC(=O)c1ccc(Cl)c(Cl)c1)[C@@H]1C[C@@H]2CC[C@@H]1C2. The van der Waals surface area contributed by atoms with Crippen molar-refractivity contribution in [3.63, 3.8) is 0 Å². The molecule has 0 unspecified atom stereocenters. The summed E-state index contributed by atoms with van der Waals surface area (Å²) >= 11 is 11.8. The summed E-state index contributed by atoms with van der Waals surface area (Å²) < 4.78 is 0. The molecule has 0 aromatic heterocycles. The Morgan fingerprint density at radius 2 is 2.05 bits per heavy atom. The van der Waals surface area contributed by atoms with Crippen LogP contribution >= 0.6 is 23.2 Å². The molecule has 21 heavy (non-hydrogen) atoms. The minimum atomic E-state index is -0.254. The maximum atomic E-state index is 12.1. The normalized spacial score (nSPS) is 28.0. The number of hydrogen-bond acceptors (Lipinski definition) is 2. The average molecular weight is 325 g/mol. The fourth-order valence-corrected chi connectivity index (χ4v) is 3.98. The zero-order chi connectivity index (χ0) is 15.0. The molecule has 2 bridgehead atoms. The lowest BCUT2D eigenvalue weighted by molar-refractivity contribution is 0.0954. The number of carbonyl (C=O) groups is 1. The molecule has 0 heterocycles. The third-order valence-electron chi connectivity index (χ3n) is 4.79. The van der Waals surface area contributed by atoms with Gasteiger partial charge in [-0.05, 0) is 56.2 Å². The molecule has 5 heteroatoms. The quantitative estimate of drug-likeness (QED) is 0.643. The second-order valence-electron chi connectivity index (χ2n) is 6.10. The number of fused-ring (bicyclic) bond motifs is 2. The first-order valence-corrected chi connectivity index (χ1v) is 8.09. The number of hydrazone groups is 1. The molecule has 1 N–H and O–H groups in total. The van der Waals surface area contributed by atoms with Gasteiger partial charge in [-0.25, -0.2) is 5.43 Å². The van der Waals surface area contributed by atoms with E-state index in [1.165, 1.54) is 25.7 Å². The van der Waals surface area contributed by atoms with Gasteiger partial charge in [-0.3, -0.25) is 4.79 Å². The van der Waals surface area contributed by atoms with Gasteiger partial charge in [-0.1, -0.05) is 29.6 Å². The standard InChI is InChI=1S/C16H18Cl2N2O/c1-9(13-7-10-2-3-11(13)6-10)19-20-16(21)12-4-5-14(17)15(18)8-12/h4-5,8,10-11,13H,2-3,6-7H2,1H3,(H,20,21)/b19-9-/t10-,11-,13+/m1/s1. The van der Waals surface area contributed by atoms with Crippen LogP contribution in [0.25, 0.3) is 0 Å².